The van der Waals surface area contributed by atoms with Gasteiger partial charge in [-0.3, -0.25) is 9.48 Å². The molecular formula is C10H17N3O4S. The van der Waals surface area contributed by atoms with Gasteiger partial charge in [-0.15, -0.1) is 0 Å². The second kappa shape index (κ2) is 5.07. The Labute approximate surface area is 106 Å². The first-order chi connectivity index (χ1) is 8.10. The van der Waals surface area contributed by atoms with Crippen LogP contribution in [0.2, 0.25) is 0 Å². The van der Waals surface area contributed by atoms with Crippen LogP contribution in [-0.4, -0.2) is 34.8 Å². The number of carboxylic acids is 1. The summed E-state index contributed by atoms with van der Waals surface area (Å²) in [6.45, 7) is 5.35. The molecule has 0 saturated carbocycles. The number of hydrogen-bond donors (Lipinski definition) is 2. The van der Waals surface area contributed by atoms with Crippen molar-refractivity contribution in [3.8, 4) is 0 Å². The lowest BCUT2D eigenvalue weighted by Gasteiger charge is -2.19. The second-order valence-electron chi connectivity index (χ2n) is 4.94. The summed E-state index contributed by atoms with van der Waals surface area (Å²) in [4.78, 5) is 10.4. The fraction of sp³-hybridized carbons (Fsp3) is 0.600. The topological polar surface area (TPSA) is 101 Å². The number of rotatable bonds is 5. The van der Waals surface area contributed by atoms with Gasteiger partial charge in [-0.2, -0.15) is 5.10 Å². The largest absolute Gasteiger partial charge is 0.481 e. The number of aromatic nitrogens is 2. The molecule has 0 amide bonds. The molecule has 8 heteroatoms. The maximum absolute atomic E-state index is 11.9. The third-order valence-electron chi connectivity index (χ3n) is 1.92. The average molecular weight is 275 g/mol. The molecule has 0 aliphatic carbocycles. The van der Waals surface area contributed by atoms with Crippen LogP contribution in [0.5, 0.6) is 0 Å². The van der Waals surface area contributed by atoms with Crippen LogP contribution in [0.25, 0.3) is 0 Å². The zero-order valence-electron chi connectivity index (χ0n) is 10.5. The highest BCUT2D eigenvalue weighted by molar-refractivity contribution is 7.89. The fourth-order valence-corrected chi connectivity index (χ4v) is 2.65. The van der Waals surface area contributed by atoms with Crippen LogP contribution in [0, 0.1) is 0 Å². The molecule has 0 fully saturated rings. The summed E-state index contributed by atoms with van der Waals surface area (Å²) in [7, 11) is -3.62. The van der Waals surface area contributed by atoms with Crippen molar-refractivity contribution in [1.82, 2.24) is 14.5 Å². The molecule has 0 aliphatic heterocycles. The molecule has 1 rings (SSSR count). The Kier molecular flexibility index (Phi) is 4.12. The first kappa shape index (κ1) is 14.7. The minimum atomic E-state index is -3.62. The van der Waals surface area contributed by atoms with Crippen LogP contribution in [0.1, 0.15) is 27.2 Å². The Morgan fingerprint density at radius 2 is 2.11 bits per heavy atom. The van der Waals surface area contributed by atoms with Gasteiger partial charge < -0.3 is 5.11 Å². The number of nitrogens with zero attached hydrogens (tertiary/aromatic N) is 2. The molecule has 2 N–H and O–H groups in total. The van der Waals surface area contributed by atoms with E-state index < -0.39 is 21.5 Å². The van der Waals surface area contributed by atoms with E-state index in [1.807, 2.05) is 0 Å². The zero-order valence-corrected chi connectivity index (χ0v) is 11.4. The Morgan fingerprint density at radius 1 is 1.50 bits per heavy atom. The molecule has 7 nitrogen and oxygen atoms in total. The highest BCUT2D eigenvalue weighted by atomic mass is 32.2. The van der Waals surface area contributed by atoms with Crippen molar-refractivity contribution in [1.29, 1.82) is 0 Å². The Hall–Kier alpha value is -1.41. The molecule has 0 atom stereocenters. The van der Waals surface area contributed by atoms with Crippen molar-refractivity contribution in [2.24, 2.45) is 0 Å². The van der Waals surface area contributed by atoms with Crippen molar-refractivity contribution in [3.63, 3.8) is 0 Å². The summed E-state index contributed by atoms with van der Waals surface area (Å²) in [5.41, 5.74) is -0.581. The Morgan fingerprint density at radius 3 is 2.61 bits per heavy atom. The number of aryl methyl sites for hydroxylation is 1. The predicted molar refractivity (Wildman–Crippen MR) is 64.6 cm³/mol. The second-order valence-corrected chi connectivity index (χ2v) is 6.62. The molecule has 0 unspecified atom stereocenters. The smallest absolute Gasteiger partial charge is 0.305 e. The molecule has 0 aromatic carbocycles. The van der Waals surface area contributed by atoms with E-state index in [-0.39, 0.29) is 17.9 Å². The third kappa shape index (κ3) is 4.46. The molecular weight excluding hydrogens is 258 g/mol. The molecule has 102 valence electrons. The van der Waals surface area contributed by atoms with E-state index in [0.717, 1.165) is 0 Å². The summed E-state index contributed by atoms with van der Waals surface area (Å²) >= 11 is 0. The fourth-order valence-electron chi connectivity index (χ4n) is 1.28. The molecule has 1 heterocycles. The quantitative estimate of drug-likeness (QED) is 0.811. The third-order valence-corrected chi connectivity index (χ3v) is 3.63. The van der Waals surface area contributed by atoms with E-state index in [1.54, 1.807) is 20.8 Å². The van der Waals surface area contributed by atoms with Gasteiger partial charge in [-0.1, -0.05) is 0 Å². The summed E-state index contributed by atoms with van der Waals surface area (Å²) in [6.07, 6.45) is 2.42. The lowest BCUT2D eigenvalue weighted by atomic mass is 10.1. The van der Waals surface area contributed by atoms with E-state index >= 15 is 0 Å². The van der Waals surface area contributed by atoms with E-state index in [0.29, 0.717) is 0 Å². The van der Waals surface area contributed by atoms with E-state index in [4.69, 9.17) is 5.11 Å². The Bertz CT molecular complexity index is 528. The van der Waals surface area contributed by atoms with Crippen LogP contribution < -0.4 is 4.72 Å². The van der Waals surface area contributed by atoms with E-state index in [9.17, 15) is 13.2 Å². The van der Waals surface area contributed by atoms with Gasteiger partial charge in [0.15, 0.2) is 0 Å². The summed E-state index contributed by atoms with van der Waals surface area (Å²) < 4.78 is 27.6. The maximum Gasteiger partial charge on any atom is 0.305 e. The van der Waals surface area contributed by atoms with Crippen molar-refractivity contribution in [2.75, 3.05) is 0 Å². The maximum atomic E-state index is 11.9. The van der Waals surface area contributed by atoms with Gasteiger partial charge in [0, 0.05) is 11.7 Å². The van der Waals surface area contributed by atoms with Gasteiger partial charge in [0.05, 0.1) is 19.2 Å². The van der Waals surface area contributed by atoms with Crippen molar-refractivity contribution >= 4 is 16.0 Å². The molecule has 1 aromatic rings. The van der Waals surface area contributed by atoms with Gasteiger partial charge in [0.25, 0.3) is 0 Å². The standard InChI is InChI=1S/C10H17N3O4S/c1-10(2,3)12-18(16,17)8-6-11-13(7-8)5-4-9(14)15/h6-7,12H,4-5H2,1-3H3,(H,14,15). The molecule has 0 bridgehead atoms. The SMILES string of the molecule is CC(C)(C)NS(=O)(=O)c1cnn(CCC(=O)O)c1. The van der Waals surface area contributed by atoms with Crippen LogP contribution >= 0.6 is 0 Å². The van der Waals surface area contributed by atoms with Gasteiger partial charge in [0.1, 0.15) is 4.90 Å². The lowest BCUT2D eigenvalue weighted by Crippen LogP contribution is -2.40. The molecule has 0 saturated heterocycles. The van der Waals surface area contributed by atoms with Crippen LogP contribution in [0.3, 0.4) is 0 Å². The van der Waals surface area contributed by atoms with E-state index in [2.05, 4.69) is 9.82 Å². The number of carboxylic acid groups (broad SMARTS) is 1. The molecule has 18 heavy (non-hydrogen) atoms. The first-order valence-corrected chi connectivity index (χ1v) is 6.87. The number of sulfonamides is 1. The van der Waals surface area contributed by atoms with Crippen molar-refractivity contribution in [2.45, 2.75) is 44.2 Å². The molecule has 1 aromatic heterocycles. The number of nitrogens with one attached hydrogen (secondary N) is 1. The van der Waals surface area contributed by atoms with Crippen LogP contribution in [0.15, 0.2) is 17.3 Å². The number of aliphatic carboxylic acids is 1. The van der Waals surface area contributed by atoms with E-state index in [1.165, 1.54) is 17.1 Å². The monoisotopic (exact) mass is 275 g/mol. The molecule has 0 spiro atoms. The summed E-state index contributed by atoms with van der Waals surface area (Å²) in [5.74, 6) is -0.956. The summed E-state index contributed by atoms with van der Waals surface area (Å²) in [6, 6.07) is 0. The normalized spacial score (nSPS) is 12.6. The number of carbonyl (C=O) groups is 1. The highest BCUT2D eigenvalue weighted by Gasteiger charge is 2.23. The van der Waals surface area contributed by atoms with Crippen molar-refractivity contribution < 1.29 is 18.3 Å². The van der Waals surface area contributed by atoms with Crippen LogP contribution in [-0.2, 0) is 21.4 Å². The van der Waals surface area contributed by atoms with Gasteiger partial charge in [0.2, 0.25) is 10.0 Å². The number of hydrogen-bond acceptors (Lipinski definition) is 4. The van der Waals surface area contributed by atoms with Gasteiger partial charge in [-0.25, -0.2) is 13.1 Å². The minimum Gasteiger partial charge on any atom is -0.481 e. The highest BCUT2D eigenvalue weighted by Crippen LogP contribution is 2.11. The van der Waals surface area contributed by atoms with Gasteiger partial charge in [-0.05, 0) is 20.8 Å². The van der Waals surface area contributed by atoms with Gasteiger partial charge >= 0.3 is 5.97 Å². The predicted octanol–water partition coefficient (Wildman–Crippen LogP) is 0.435. The van der Waals surface area contributed by atoms with Crippen LogP contribution in [0.4, 0.5) is 0 Å². The lowest BCUT2D eigenvalue weighted by molar-refractivity contribution is -0.137. The zero-order chi connectivity index (χ0) is 14.0. The molecule has 0 radical (unpaired) electrons. The Balaban J connectivity index is 2.82. The minimum absolute atomic E-state index is 0.0304. The molecule has 0 aliphatic rings. The summed E-state index contributed by atoms with van der Waals surface area (Å²) in [5, 5.41) is 12.3. The first-order valence-electron chi connectivity index (χ1n) is 5.38. The van der Waals surface area contributed by atoms with Crippen molar-refractivity contribution in [3.05, 3.63) is 12.4 Å². The average Bonchev–Trinajstić information content (AvgIpc) is 2.59.